The van der Waals surface area contributed by atoms with Gasteiger partial charge < -0.3 is 9.47 Å². The van der Waals surface area contributed by atoms with Gasteiger partial charge in [0.15, 0.2) is 5.75 Å². The van der Waals surface area contributed by atoms with Crippen LogP contribution in [0.2, 0.25) is 5.02 Å². The zero-order valence-corrected chi connectivity index (χ0v) is 19.5. The molecule has 0 radical (unpaired) electrons. The summed E-state index contributed by atoms with van der Waals surface area (Å²) >= 11 is 10.5. The Morgan fingerprint density at radius 3 is 2.58 bits per heavy atom. The average Bonchev–Trinajstić information content (AvgIpc) is 3.00. The van der Waals surface area contributed by atoms with Crippen LogP contribution < -0.4 is 4.74 Å². The lowest BCUT2D eigenvalue weighted by Gasteiger charge is -2.18. The summed E-state index contributed by atoms with van der Waals surface area (Å²) in [6, 6.07) is 8.14. The second-order valence-electron chi connectivity index (χ2n) is 6.48. The number of amides is 2. The molecule has 3 rings (SSSR count). The Kier molecular flexibility index (Phi) is 7.40. The number of benzene rings is 2. The molecule has 0 bridgehead atoms. The smallest absolute Gasteiger partial charge is 0.328 e. The third-order valence-corrected chi connectivity index (χ3v) is 6.12. The van der Waals surface area contributed by atoms with Gasteiger partial charge in [0.2, 0.25) is 0 Å². The van der Waals surface area contributed by atoms with Crippen molar-refractivity contribution in [3.8, 4) is 5.75 Å². The summed E-state index contributed by atoms with van der Waals surface area (Å²) in [6.07, 6.45) is 1.51. The molecule has 1 aliphatic heterocycles. The zero-order chi connectivity index (χ0) is 22.7. The molecule has 2 aromatic carbocycles. The number of imide groups is 1. The van der Waals surface area contributed by atoms with Gasteiger partial charge >= 0.3 is 5.97 Å². The van der Waals surface area contributed by atoms with Gasteiger partial charge in [-0.2, -0.15) is 0 Å². The van der Waals surface area contributed by atoms with E-state index in [1.807, 2.05) is 0 Å². The summed E-state index contributed by atoms with van der Waals surface area (Å²) in [5, 5.41) is -0.275. The Hall–Kier alpha value is -2.36. The number of carbonyl (C=O) groups is 3. The number of ether oxygens (including phenoxy) is 2. The van der Waals surface area contributed by atoms with Crippen LogP contribution in [0.4, 0.5) is 9.18 Å². The summed E-state index contributed by atoms with van der Waals surface area (Å²) < 4.78 is 23.9. The largest absolute Gasteiger partial charge is 0.486 e. The fourth-order valence-electron chi connectivity index (χ4n) is 2.78. The fourth-order valence-corrected chi connectivity index (χ4v) is 4.67. The predicted molar refractivity (Wildman–Crippen MR) is 119 cm³/mol. The molecule has 162 valence electrons. The lowest BCUT2D eigenvalue weighted by Crippen LogP contribution is -2.42. The number of methoxy groups -OCH3 is 1. The molecule has 2 amide bonds. The highest BCUT2D eigenvalue weighted by Crippen LogP contribution is 2.38. The molecular formula is C21H16BrClFNO5S. The Bertz CT molecular complexity index is 1050. The Balaban J connectivity index is 1.78. The van der Waals surface area contributed by atoms with Crippen LogP contribution in [0.15, 0.2) is 45.8 Å². The third-order valence-electron chi connectivity index (χ3n) is 4.37. The zero-order valence-electron chi connectivity index (χ0n) is 16.4. The van der Waals surface area contributed by atoms with Crippen LogP contribution in [0.3, 0.4) is 0 Å². The second-order valence-corrected chi connectivity index (χ2v) is 8.73. The lowest BCUT2D eigenvalue weighted by atomic mass is 10.2. The highest BCUT2D eigenvalue weighted by molar-refractivity contribution is 9.10. The number of esters is 1. The molecule has 0 aromatic heterocycles. The van der Waals surface area contributed by atoms with Gasteiger partial charge in [-0.1, -0.05) is 23.7 Å². The maximum absolute atomic E-state index is 13.0. The summed E-state index contributed by atoms with van der Waals surface area (Å²) in [4.78, 5) is 37.6. The normalized spacial score (nSPS) is 16.0. The molecule has 6 nitrogen and oxygen atoms in total. The highest BCUT2D eigenvalue weighted by Gasteiger charge is 2.41. The van der Waals surface area contributed by atoms with E-state index in [2.05, 4.69) is 20.7 Å². The first-order chi connectivity index (χ1) is 14.7. The van der Waals surface area contributed by atoms with Crippen molar-refractivity contribution >= 4 is 62.5 Å². The first-order valence-corrected chi connectivity index (χ1v) is 10.9. The monoisotopic (exact) mass is 527 g/mol. The number of nitrogens with zero attached hydrogens (tertiary/aromatic N) is 1. The van der Waals surface area contributed by atoms with Crippen LogP contribution in [-0.2, 0) is 20.9 Å². The van der Waals surface area contributed by atoms with Gasteiger partial charge in [0, 0.05) is 0 Å². The van der Waals surface area contributed by atoms with E-state index in [4.69, 9.17) is 16.3 Å². The Morgan fingerprint density at radius 2 is 1.97 bits per heavy atom. The van der Waals surface area contributed by atoms with Gasteiger partial charge in [0.05, 0.1) is 21.5 Å². The van der Waals surface area contributed by atoms with Crippen LogP contribution in [0.25, 0.3) is 6.08 Å². The van der Waals surface area contributed by atoms with Crippen LogP contribution in [0.5, 0.6) is 5.75 Å². The molecule has 0 spiro atoms. The summed E-state index contributed by atoms with van der Waals surface area (Å²) in [7, 11) is 1.19. The number of halogens is 3. The van der Waals surface area contributed by atoms with Crippen molar-refractivity contribution in [3.63, 3.8) is 0 Å². The minimum Gasteiger partial charge on any atom is -0.486 e. The van der Waals surface area contributed by atoms with E-state index < -0.39 is 23.2 Å². The average molecular weight is 529 g/mol. The van der Waals surface area contributed by atoms with Gasteiger partial charge in [0.1, 0.15) is 18.5 Å². The van der Waals surface area contributed by atoms with Crippen LogP contribution >= 0.6 is 39.3 Å². The van der Waals surface area contributed by atoms with Crippen LogP contribution in [-0.4, -0.2) is 35.2 Å². The number of carbonyl (C=O) groups excluding carboxylic acids is 3. The first-order valence-electron chi connectivity index (χ1n) is 8.92. The number of thioether (sulfide) groups is 1. The molecule has 1 saturated heterocycles. The molecule has 0 N–H and O–H groups in total. The Morgan fingerprint density at radius 1 is 1.29 bits per heavy atom. The molecule has 1 fully saturated rings. The number of hydrogen-bond acceptors (Lipinski definition) is 6. The minimum atomic E-state index is -1.03. The number of rotatable bonds is 6. The van der Waals surface area contributed by atoms with E-state index in [1.165, 1.54) is 32.2 Å². The lowest BCUT2D eigenvalue weighted by molar-refractivity contribution is -0.148. The van der Waals surface area contributed by atoms with Crippen LogP contribution in [0, 0.1) is 5.82 Å². The van der Waals surface area contributed by atoms with E-state index in [0.29, 0.717) is 15.8 Å². The minimum absolute atomic E-state index is 0.156. The van der Waals surface area contributed by atoms with Gasteiger partial charge in [-0.05, 0) is 76.1 Å². The molecule has 10 heteroatoms. The molecule has 1 atom stereocenters. The molecule has 0 aliphatic carbocycles. The quantitative estimate of drug-likeness (QED) is 0.368. The highest BCUT2D eigenvalue weighted by atomic mass is 79.9. The first kappa shape index (κ1) is 23.3. The fraction of sp³-hybridized carbons (Fsp3) is 0.190. The third kappa shape index (κ3) is 5.28. The summed E-state index contributed by atoms with van der Waals surface area (Å²) in [5.74, 6) is -1.22. The van der Waals surface area contributed by atoms with E-state index in [0.717, 1.165) is 22.2 Å². The second kappa shape index (κ2) is 9.84. The molecule has 1 heterocycles. The molecule has 1 aliphatic rings. The summed E-state index contributed by atoms with van der Waals surface area (Å²) in [6.45, 7) is 1.61. The number of hydrogen-bond donors (Lipinski definition) is 0. The van der Waals surface area contributed by atoms with Crippen molar-refractivity contribution in [2.45, 2.75) is 19.6 Å². The van der Waals surface area contributed by atoms with E-state index >= 15 is 0 Å². The van der Waals surface area contributed by atoms with Gasteiger partial charge in [-0.3, -0.25) is 14.5 Å². The predicted octanol–water partition coefficient (Wildman–Crippen LogP) is 5.42. The van der Waals surface area contributed by atoms with E-state index in [9.17, 15) is 18.8 Å². The molecule has 0 unspecified atom stereocenters. The molecule has 0 saturated carbocycles. The Labute approximate surface area is 195 Å². The van der Waals surface area contributed by atoms with Crippen molar-refractivity contribution in [1.29, 1.82) is 0 Å². The van der Waals surface area contributed by atoms with Crippen molar-refractivity contribution in [2.24, 2.45) is 0 Å². The SMILES string of the molecule is COC(=O)[C@H](C)N1C(=O)S/C(=C/c2cc(Cl)c(OCc3ccc(F)cc3)c(Br)c2)C1=O. The van der Waals surface area contributed by atoms with Gasteiger partial charge in [-0.25, -0.2) is 9.18 Å². The summed E-state index contributed by atoms with van der Waals surface area (Å²) in [5.41, 5.74) is 1.32. The standard InChI is InChI=1S/C21H16BrClFNO5S/c1-11(20(27)29-2)25-19(26)17(31-21(25)28)9-13-7-15(22)18(16(23)8-13)30-10-12-3-5-14(24)6-4-12/h3-9,11H,10H2,1-2H3/b17-9+/t11-/m0/s1. The molecule has 31 heavy (non-hydrogen) atoms. The maximum Gasteiger partial charge on any atom is 0.328 e. The van der Waals surface area contributed by atoms with Crippen molar-refractivity contribution in [2.75, 3.05) is 7.11 Å². The van der Waals surface area contributed by atoms with Crippen molar-refractivity contribution < 1.29 is 28.2 Å². The molecular weight excluding hydrogens is 513 g/mol. The van der Waals surface area contributed by atoms with Crippen molar-refractivity contribution in [3.05, 3.63) is 67.7 Å². The molecule has 2 aromatic rings. The van der Waals surface area contributed by atoms with Gasteiger partial charge in [-0.15, -0.1) is 0 Å². The van der Waals surface area contributed by atoms with Crippen molar-refractivity contribution in [1.82, 2.24) is 4.90 Å². The van der Waals surface area contributed by atoms with Crippen LogP contribution in [0.1, 0.15) is 18.1 Å². The maximum atomic E-state index is 13.0. The van der Waals surface area contributed by atoms with Gasteiger partial charge in [0.25, 0.3) is 11.1 Å². The topological polar surface area (TPSA) is 72.9 Å². The van der Waals surface area contributed by atoms with E-state index in [-0.39, 0.29) is 22.4 Å². The van der Waals surface area contributed by atoms with E-state index in [1.54, 1.807) is 24.3 Å².